The third-order valence-electron chi connectivity index (χ3n) is 7.57. The van der Waals surface area contributed by atoms with Crippen LogP contribution in [0, 0.1) is 18.3 Å². The highest BCUT2D eigenvalue weighted by Gasteiger charge is 2.43. The Kier molecular flexibility index (Phi) is 6.79. The Hall–Kier alpha value is -2.90. The van der Waals surface area contributed by atoms with Crippen molar-refractivity contribution in [3.63, 3.8) is 0 Å². The van der Waals surface area contributed by atoms with Crippen LogP contribution >= 0.6 is 0 Å². The number of carbonyl (C=O) groups is 2. The zero-order valence-electron chi connectivity index (χ0n) is 21.9. The minimum Gasteiger partial charge on any atom is -0.471 e. The molecular formula is C28H38N4O4. The summed E-state index contributed by atoms with van der Waals surface area (Å²) >= 11 is 0. The van der Waals surface area contributed by atoms with E-state index in [4.69, 9.17) is 19.4 Å². The molecule has 2 aromatic rings. The Morgan fingerprint density at radius 2 is 1.86 bits per heavy atom. The van der Waals surface area contributed by atoms with Crippen molar-refractivity contribution in [1.82, 2.24) is 20.2 Å². The molecule has 1 aromatic heterocycles. The third-order valence-corrected chi connectivity index (χ3v) is 7.57. The lowest BCUT2D eigenvalue weighted by molar-refractivity contribution is -0.135. The number of nitrogens with one attached hydrogen (secondary N) is 1. The first-order valence-corrected chi connectivity index (χ1v) is 13.4. The Bertz CT molecular complexity index is 1140. The summed E-state index contributed by atoms with van der Waals surface area (Å²) in [5.41, 5.74) is 3.29. The van der Waals surface area contributed by atoms with Crippen LogP contribution in [0.3, 0.4) is 0 Å². The minimum absolute atomic E-state index is 0.0365. The lowest BCUT2D eigenvalue weighted by atomic mass is 9.86. The van der Waals surface area contributed by atoms with Gasteiger partial charge < -0.3 is 19.7 Å². The van der Waals surface area contributed by atoms with Crippen LogP contribution in [0.4, 0.5) is 4.79 Å². The molecule has 2 amide bonds. The van der Waals surface area contributed by atoms with Gasteiger partial charge in [0.15, 0.2) is 0 Å². The van der Waals surface area contributed by atoms with Crippen LogP contribution in [0.5, 0.6) is 5.88 Å². The summed E-state index contributed by atoms with van der Waals surface area (Å²) in [6, 6.07) is 5.45. The second kappa shape index (κ2) is 9.87. The van der Waals surface area contributed by atoms with Gasteiger partial charge in [-0.2, -0.15) is 0 Å². The lowest BCUT2D eigenvalue weighted by Gasteiger charge is -2.33. The fourth-order valence-corrected chi connectivity index (χ4v) is 5.29. The van der Waals surface area contributed by atoms with Crippen LogP contribution in [-0.2, 0) is 16.0 Å². The number of fused-ring (bicyclic) bond motifs is 5. The maximum Gasteiger partial charge on any atom is 0.408 e. The van der Waals surface area contributed by atoms with E-state index in [0.717, 1.165) is 60.8 Å². The molecule has 2 aliphatic heterocycles. The second-order valence-corrected chi connectivity index (χ2v) is 11.8. The van der Waals surface area contributed by atoms with Gasteiger partial charge >= 0.3 is 6.09 Å². The topological polar surface area (TPSA) is 93.7 Å². The van der Waals surface area contributed by atoms with Crippen molar-refractivity contribution in [3.8, 4) is 5.88 Å². The maximum atomic E-state index is 13.5. The standard InChI is InChI=1S/C28H38N4O4/c1-17-10-11-20-22(14-17)30-25-21(29-20)9-7-5-6-8-18-15-23(18)36-27(34)31-24(28(2,3)4)26(33)32-13-12-19(16-32)35-25/h10-11,14,18-19,23-24H,5-9,12-13,15-16H2,1-4H3,(H,31,34)/t18-,19-,23-,24?/m1/s1. The van der Waals surface area contributed by atoms with Crippen LogP contribution in [0.2, 0.25) is 0 Å². The molecule has 36 heavy (non-hydrogen) atoms. The van der Waals surface area contributed by atoms with E-state index >= 15 is 0 Å². The number of alkyl carbamates (subject to hydrolysis) is 1. The fourth-order valence-electron chi connectivity index (χ4n) is 5.29. The fraction of sp³-hybridized carbons (Fsp3) is 0.643. The Morgan fingerprint density at radius 1 is 1.03 bits per heavy atom. The van der Waals surface area contributed by atoms with Gasteiger partial charge in [0.05, 0.1) is 17.6 Å². The highest BCUT2D eigenvalue weighted by molar-refractivity contribution is 5.86. The predicted octanol–water partition coefficient (Wildman–Crippen LogP) is 4.56. The highest BCUT2D eigenvalue weighted by atomic mass is 16.6. The highest BCUT2D eigenvalue weighted by Crippen LogP contribution is 2.38. The van der Waals surface area contributed by atoms with Crippen LogP contribution < -0.4 is 10.1 Å². The first-order chi connectivity index (χ1) is 17.2. The van der Waals surface area contributed by atoms with Gasteiger partial charge in [0, 0.05) is 13.0 Å². The quantitative estimate of drug-likeness (QED) is 0.577. The van der Waals surface area contributed by atoms with E-state index in [1.54, 1.807) is 4.90 Å². The Balaban J connectivity index is 1.40. The molecule has 8 nitrogen and oxygen atoms in total. The van der Waals surface area contributed by atoms with Gasteiger partial charge in [-0.25, -0.2) is 14.8 Å². The number of nitrogens with zero attached hydrogens (tertiary/aromatic N) is 3. The van der Waals surface area contributed by atoms with Gasteiger partial charge in [0.25, 0.3) is 0 Å². The van der Waals surface area contributed by atoms with E-state index in [0.29, 0.717) is 31.3 Å². The third kappa shape index (κ3) is 5.57. The monoisotopic (exact) mass is 494 g/mol. The SMILES string of the molecule is Cc1ccc2nc3c(nc2c1)O[C@@H]1CCN(C1)C(=O)C(C(C)(C)C)NC(=O)O[C@@H]1C[C@H]1CCCCC3. The summed E-state index contributed by atoms with van der Waals surface area (Å²) in [5, 5.41) is 2.88. The molecule has 194 valence electrons. The van der Waals surface area contributed by atoms with E-state index in [-0.39, 0.29) is 18.1 Å². The van der Waals surface area contributed by atoms with Crippen molar-refractivity contribution >= 4 is 23.0 Å². The molecule has 1 aliphatic carbocycles. The number of aromatic nitrogens is 2. The number of ether oxygens (including phenoxy) is 2. The molecule has 5 rings (SSSR count). The lowest BCUT2D eigenvalue weighted by Crippen LogP contribution is -2.54. The number of hydrogen-bond donors (Lipinski definition) is 1. The number of carbonyl (C=O) groups excluding carboxylic acids is 2. The van der Waals surface area contributed by atoms with E-state index < -0.39 is 17.6 Å². The van der Waals surface area contributed by atoms with Crippen LogP contribution in [0.15, 0.2) is 18.2 Å². The molecule has 1 saturated carbocycles. The number of aryl methyl sites for hydroxylation is 2. The normalized spacial score (nSPS) is 27.7. The van der Waals surface area contributed by atoms with Gasteiger partial charge in [-0.1, -0.05) is 39.7 Å². The molecule has 1 unspecified atom stereocenters. The average molecular weight is 495 g/mol. The van der Waals surface area contributed by atoms with E-state index in [1.165, 1.54) is 0 Å². The molecule has 1 N–H and O–H groups in total. The molecular weight excluding hydrogens is 456 g/mol. The molecule has 1 saturated heterocycles. The Morgan fingerprint density at radius 3 is 2.67 bits per heavy atom. The number of hydrogen-bond acceptors (Lipinski definition) is 6. The van der Waals surface area contributed by atoms with Crippen molar-refractivity contribution in [3.05, 3.63) is 29.5 Å². The molecule has 0 spiro atoms. The van der Waals surface area contributed by atoms with E-state index in [1.807, 2.05) is 39.8 Å². The largest absolute Gasteiger partial charge is 0.471 e. The number of benzene rings is 1. The van der Waals surface area contributed by atoms with Crippen LogP contribution in [-0.4, -0.2) is 58.2 Å². The van der Waals surface area contributed by atoms with Crippen LogP contribution in [0.25, 0.3) is 11.0 Å². The predicted molar refractivity (Wildman–Crippen MR) is 137 cm³/mol. The van der Waals surface area contributed by atoms with Gasteiger partial charge in [0.2, 0.25) is 11.8 Å². The molecule has 2 bridgehead atoms. The van der Waals surface area contributed by atoms with Gasteiger partial charge in [-0.15, -0.1) is 0 Å². The summed E-state index contributed by atoms with van der Waals surface area (Å²) in [4.78, 5) is 37.7. The summed E-state index contributed by atoms with van der Waals surface area (Å²) in [7, 11) is 0. The van der Waals surface area contributed by atoms with Gasteiger partial charge in [-0.05, 0) is 61.6 Å². The summed E-state index contributed by atoms with van der Waals surface area (Å²) in [6.45, 7) is 8.97. The molecule has 2 fully saturated rings. The molecule has 3 heterocycles. The van der Waals surface area contributed by atoms with Crippen molar-refractivity contribution in [2.24, 2.45) is 11.3 Å². The first kappa shape index (κ1) is 24.8. The van der Waals surface area contributed by atoms with E-state index in [9.17, 15) is 9.59 Å². The summed E-state index contributed by atoms with van der Waals surface area (Å²) in [5.74, 6) is 0.907. The first-order valence-electron chi connectivity index (χ1n) is 13.4. The van der Waals surface area contributed by atoms with Gasteiger partial charge in [0.1, 0.15) is 23.9 Å². The molecule has 1 aromatic carbocycles. The minimum atomic E-state index is -0.668. The van der Waals surface area contributed by atoms with Crippen molar-refractivity contribution in [1.29, 1.82) is 0 Å². The molecule has 0 radical (unpaired) electrons. The van der Waals surface area contributed by atoms with Crippen LogP contribution in [0.1, 0.15) is 70.6 Å². The number of amides is 2. The zero-order chi connectivity index (χ0) is 25.4. The molecule has 4 atom stereocenters. The zero-order valence-corrected chi connectivity index (χ0v) is 21.9. The summed E-state index contributed by atoms with van der Waals surface area (Å²) < 4.78 is 12.1. The maximum absolute atomic E-state index is 13.5. The van der Waals surface area contributed by atoms with E-state index in [2.05, 4.69) is 11.4 Å². The second-order valence-electron chi connectivity index (χ2n) is 11.8. The average Bonchev–Trinajstić information content (AvgIpc) is 3.36. The smallest absolute Gasteiger partial charge is 0.408 e. The molecule has 8 heteroatoms. The van der Waals surface area contributed by atoms with Crippen molar-refractivity contribution in [2.75, 3.05) is 13.1 Å². The molecule has 3 aliphatic rings. The number of rotatable bonds is 0. The summed E-state index contributed by atoms with van der Waals surface area (Å²) in [6.07, 6.45) is 5.95. The Labute approximate surface area is 213 Å². The van der Waals surface area contributed by atoms with Crippen molar-refractivity contribution < 1.29 is 19.1 Å². The van der Waals surface area contributed by atoms with Crippen molar-refractivity contribution in [2.45, 2.75) is 90.9 Å². The van der Waals surface area contributed by atoms with Gasteiger partial charge in [-0.3, -0.25) is 4.79 Å².